The Balaban J connectivity index is 1.70. The Hall–Kier alpha value is -1.39. The van der Waals surface area contributed by atoms with E-state index in [1.807, 2.05) is 6.92 Å². The second-order valence-corrected chi connectivity index (χ2v) is 6.16. The van der Waals surface area contributed by atoms with Crippen LogP contribution < -0.4 is 5.32 Å². The van der Waals surface area contributed by atoms with Gasteiger partial charge in [-0.25, -0.2) is 0 Å². The van der Waals surface area contributed by atoms with Crippen molar-refractivity contribution in [3.63, 3.8) is 0 Å². The van der Waals surface area contributed by atoms with Crippen LogP contribution in [0.3, 0.4) is 0 Å². The number of rotatable bonds is 5. The molecule has 1 aromatic rings. The van der Waals surface area contributed by atoms with Gasteiger partial charge < -0.3 is 4.74 Å². The lowest BCUT2D eigenvalue weighted by atomic mass is 10.0. The number of benzene rings is 1. The highest BCUT2D eigenvalue weighted by Gasteiger charge is 2.41. The minimum Gasteiger partial charge on any atom is -0.468 e. The third-order valence-corrected chi connectivity index (χ3v) is 4.18. The number of fused-ring (bicyclic) bond motifs is 1. The van der Waals surface area contributed by atoms with E-state index in [4.69, 9.17) is 4.74 Å². The van der Waals surface area contributed by atoms with Gasteiger partial charge in [0.05, 0.1) is 7.11 Å². The lowest BCUT2D eigenvalue weighted by molar-refractivity contribution is -0.149. The third-order valence-electron chi connectivity index (χ3n) is 4.18. The van der Waals surface area contributed by atoms with Crippen LogP contribution in [-0.2, 0) is 22.6 Å². The number of carbonyl (C=O) groups is 1. The maximum Gasteiger partial charge on any atom is 0.327 e. The number of carbonyl (C=O) groups excluding carboxylic acids is 1. The predicted molar refractivity (Wildman–Crippen MR) is 77.1 cm³/mol. The molecule has 1 aromatic carbocycles. The molecule has 1 saturated carbocycles. The van der Waals surface area contributed by atoms with Crippen molar-refractivity contribution >= 4 is 5.97 Å². The molecule has 20 heavy (non-hydrogen) atoms. The summed E-state index contributed by atoms with van der Waals surface area (Å²) >= 11 is 0. The second-order valence-electron chi connectivity index (χ2n) is 6.16. The Labute approximate surface area is 120 Å². The van der Waals surface area contributed by atoms with Crippen molar-refractivity contribution in [2.24, 2.45) is 0 Å². The molecule has 0 amide bonds. The molecule has 1 aliphatic carbocycles. The van der Waals surface area contributed by atoms with Gasteiger partial charge in [-0.2, -0.15) is 0 Å². The Morgan fingerprint density at radius 3 is 2.45 bits per heavy atom. The molecule has 108 valence electrons. The first kappa shape index (κ1) is 13.6. The fourth-order valence-electron chi connectivity index (χ4n) is 3.04. The van der Waals surface area contributed by atoms with Gasteiger partial charge in [-0.05, 0) is 30.9 Å². The molecule has 1 unspecified atom stereocenters. The van der Waals surface area contributed by atoms with E-state index >= 15 is 0 Å². The highest BCUT2D eigenvalue weighted by Crippen LogP contribution is 2.27. The van der Waals surface area contributed by atoms with Crippen molar-refractivity contribution in [3.8, 4) is 0 Å². The molecule has 1 fully saturated rings. The van der Waals surface area contributed by atoms with E-state index in [0.29, 0.717) is 12.6 Å². The Morgan fingerprint density at radius 1 is 1.35 bits per heavy atom. The van der Waals surface area contributed by atoms with Gasteiger partial charge in [-0.3, -0.25) is 15.0 Å². The first-order valence-electron chi connectivity index (χ1n) is 7.26. The van der Waals surface area contributed by atoms with Crippen LogP contribution in [0.1, 0.15) is 30.9 Å². The molecule has 2 aliphatic rings. The van der Waals surface area contributed by atoms with Gasteiger partial charge in [0.2, 0.25) is 0 Å². The van der Waals surface area contributed by atoms with Gasteiger partial charge in [-0.15, -0.1) is 0 Å². The number of nitrogens with one attached hydrogen (secondary N) is 1. The van der Waals surface area contributed by atoms with Crippen LogP contribution in [0.5, 0.6) is 0 Å². The lowest BCUT2D eigenvalue weighted by Crippen LogP contribution is -2.57. The number of hydrogen-bond acceptors (Lipinski definition) is 4. The predicted octanol–water partition coefficient (Wildman–Crippen LogP) is 1.69. The molecule has 0 saturated heterocycles. The summed E-state index contributed by atoms with van der Waals surface area (Å²) in [5.41, 5.74) is 2.12. The zero-order valence-electron chi connectivity index (χ0n) is 12.2. The fourth-order valence-corrected chi connectivity index (χ4v) is 3.04. The summed E-state index contributed by atoms with van der Waals surface area (Å²) in [5, 5.41) is 3.46. The zero-order valence-corrected chi connectivity index (χ0v) is 12.2. The second kappa shape index (κ2) is 5.19. The SMILES string of the molecule is COC(=O)C(C)(CN1Cc2ccccc2C1)NC1CC1. The Bertz CT molecular complexity index is 488. The number of methoxy groups -OCH3 is 1. The smallest absolute Gasteiger partial charge is 0.327 e. The molecule has 0 bridgehead atoms. The number of nitrogens with zero attached hydrogens (tertiary/aromatic N) is 1. The molecule has 1 N–H and O–H groups in total. The molecule has 3 rings (SSSR count). The van der Waals surface area contributed by atoms with Crippen LogP contribution in [-0.4, -0.2) is 36.1 Å². The Morgan fingerprint density at radius 2 is 1.95 bits per heavy atom. The monoisotopic (exact) mass is 274 g/mol. The van der Waals surface area contributed by atoms with Crippen molar-refractivity contribution in [2.75, 3.05) is 13.7 Å². The van der Waals surface area contributed by atoms with Crippen molar-refractivity contribution in [1.29, 1.82) is 0 Å². The summed E-state index contributed by atoms with van der Waals surface area (Å²) in [6, 6.07) is 8.96. The van der Waals surface area contributed by atoms with E-state index in [2.05, 4.69) is 34.5 Å². The minimum atomic E-state index is -0.613. The van der Waals surface area contributed by atoms with E-state index in [0.717, 1.165) is 25.9 Å². The Kier molecular flexibility index (Phi) is 3.52. The average molecular weight is 274 g/mol. The summed E-state index contributed by atoms with van der Waals surface area (Å²) in [7, 11) is 1.47. The van der Waals surface area contributed by atoms with Crippen molar-refractivity contribution in [3.05, 3.63) is 35.4 Å². The maximum atomic E-state index is 12.1. The first-order valence-corrected chi connectivity index (χ1v) is 7.26. The van der Waals surface area contributed by atoms with E-state index in [1.54, 1.807) is 0 Å². The molecule has 0 radical (unpaired) electrons. The molecule has 0 spiro atoms. The molecular formula is C16H22N2O2. The van der Waals surface area contributed by atoms with Crippen LogP contribution in [0, 0.1) is 0 Å². The van der Waals surface area contributed by atoms with Crippen molar-refractivity contribution in [1.82, 2.24) is 10.2 Å². The highest BCUT2D eigenvalue weighted by atomic mass is 16.5. The summed E-state index contributed by atoms with van der Waals surface area (Å²) in [5.74, 6) is -0.166. The molecule has 1 atom stereocenters. The van der Waals surface area contributed by atoms with Crippen LogP contribution in [0.25, 0.3) is 0 Å². The van der Waals surface area contributed by atoms with Crippen LogP contribution in [0.15, 0.2) is 24.3 Å². The fraction of sp³-hybridized carbons (Fsp3) is 0.562. The highest BCUT2D eigenvalue weighted by molar-refractivity contribution is 5.80. The van der Waals surface area contributed by atoms with Gasteiger partial charge in [-0.1, -0.05) is 24.3 Å². The number of ether oxygens (including phenoxy) is 1. The molecule has 1 heterocycles. The largest absolute Gasteiger partial charge is 0.468 e. The van der Waals surface area contributed by atoms with Gasteiger partial charge >= 0.3 is 5.97 Å². The molecule has 4 nitrogen and oxygen atoms in total. The minimum absolute atomic E-state index is 0.166. The summed E-state index contributed by atoms with van der Waals surface area (Å²) in [4.78, 5) is 14.5. The average Bonchev–Trinajstić information content (AvgIpc) is 3.14. The molecule has 4 heteroatoms. The maximum absolute atomic E-state index is 12.1. The first-order chi connectivity index (χ1) is 9.60. The van der Waals surface area contributed by atoms with Gasteiger partial charge in [0.25, 0.3) is 0 Å². The van der Waals surface area contributed by atoms with Crippen molar-refractivity contribution in [2.45, 2.75) is 44.4 Å². The van der Waals surface area contributed by atoms with E-state index in [9.17, 15) is 4.79 Å². The molecular weight excluding hydrogens is 252 g/mol. The molecule has 0 aromatic heterocycles. The quantitative estimate of drug-likeness (QED) is 0.830. The van der Waals surface area contributed by atoms with Gasteiger partial charge in [0.1, 0.15) is 5.54 Å². The van der Waals surface area contributed by atoms with E-state index in [-0.39, 0.29) is 5.97 Å². The zero-order chi connectivity index (χ0) is 14.2. The topological polar surface area (TPSA) is 41.6 Å². The molecule has 1 aliphatic heterocycles. The van der Waals surface area contributed by atoms with E-state index < -0.39 is 5.54 Å². The number of hydrogen-bond donors (Lipinski definition) is 1. The van der Waals surface area contributed by atoms with Gasteiger partial charge in [0.15, 0.2) is 0 Å². The van der Waals surface area contributed by atoms with Crippen LogP contribution >= 0.6 is 0 Å². The standard InChI is InChI=1S/C16H22N2O2/c1-16(15(19)20-2,17-14-7-8-14)11-18-9-12-5-3-4-6-13(12)10-18/h3-6,14,17H,7-11H2,1-2H3. The van der Waals surface area contributed by atoms with Crippen LogP contribution in [0.2, 0.25) is 0 Å². The normalized spacial score (nSPS) is 21.3. The summed E-state index contributed by atoms with van der Waals surface area (Å²) < 4.78 is 5.00. The van der Waals surface area contributed by atoms with Gasteiger partial charge in [0, 0.05) is 25.7 Å². The lowest BCUT2D eigenvalue weighted by Gasteiger charge is -2.32. The number of esters is 1. The van der Waals surface area contributed by atoms with Crippen molar-refractivity contribution < 1.29 is 9.53 Å². The van der Waals surface area contributed by atoms with Crippen LogP contribution in [0.4, 0.5) is 0 Å². The summed E-state index contributed by atoms with van der Waals surface area (Å²) in [6.07, 6.45) is 2.32. The summed E-state index contributed by atoms with van der Waals surface area (Å²) in [6.45, 7) is 4.47. The third kappa shape index (κ3) is 2.72. The van der Waals surface area contributed by atoms with E-state index in [1.165, 1.54) is 18.2 Å².